The van der Waals surface area contributed by atoms with E-state index in [1.54, 1.807) is 0 Å². The van der Waals surface area contributed by atoms with Crippen molar-refractivity contribution in [2.24, 2.45) is 39.9 Å². The summed E-state index contributed by atoms with van der Waals surface area (Å²) in [4.78, 5) is 5.26. The lowest BCUT2D eigenvalue weighted by molar-refractivity contribution is -0.223. The molecule has 1 heterocycles. The molecule has 1 aromatic heterocycles. The zero-order valence-electron chi connectivity index (χ0n) is 24.4. The highest BCUT2D eigenvalue weighted by Gasteiger charge is 2.71. The van der Waals surface area contributed by atoms with Crippen molar-refractivity contribution in [3.8, 4) is 0 Å². The van der Waals surface area contributed by atoms with Crippen molar-refractivity contribution >= 4 is 10.9 Å². The molecule has 3 N–H and O–H groups in total. The van der Waals surface area contributed by atoms with Crippen molar-refractivity contribution in [3.05, 3.63) is 41.6 Å². The molecule has 9 atom stereocenters. The fourth-order valence-corrected chi connectivity index (χ4v) is 11.3. The van der Waals surface area contributed by atoms with Crippen LogP contribution in [0, 0.1) is 39.9 Å². The number of hydrogen-bond acceptors (Lipinski definition) is 4. The van der Waals surface area contributed by atoms with Gasteiger partial charge in [-0.1, -0.05) is 52.8 Å². The van der Waals surface area contributed by atoms with Gasteiger partial charge in [-0.05, 0) is 116 Å². The second-order valence-corrected chi connectivity index (χ2v) is 15.2. The van der Waals surface area contributed by atoms with Gasteiger partial charge in [-0.25, -0.2) is 0 Å². The van der Waals surface area contributed by atoms with Crippen molar-refractivity contribution in [1.29, 1.82) is 0 Å². The second-order valence-electron chi connectivity index (χ2n) is 15.2. The van der Waals surface area contributed by atoms with E-state index in [1.807, 2.05) is 6.92 Å². The molecule has 0 amide bonds. The van der Waals surface area contributed by atoms with Gasteiger partial charge in [-0.15, -0.1) is 0 Å². The molecular weight excluding hydrogens is 470 g/mol. The van der Waals surface area contributed by atoms with Gasteiger partial charge in [0.15, 0.2) is 0 Å². The van der Waals surface area contributed by atoms with Crippen LogP contribution in [0.5, 0.6) is 0 Å². The van der Waals surface area contributed by atoms with Crippen LogP contribution in [-0.2, 0) is 11.8 Å². The Hall–Kier alpha value is -1.49. The van der Waals surface area contributed by atoms with Crippen LogP contribution in [0.3, 0.4) is 0 Å². The molecule has 3 saturated carbocycles. The lowest BCUT2D eigenvalue weighted by atomic mass is 9.35. The Morgan fingerprint density at radius 1 is 1.00 bits per heavy atom. The van der Waals surface area contributed by atoms with Gasteiger partial charge in [0.1, 0.15) is 0 Å². The van der Waals surface area contributed by atoms with Crippen molar-refractivity contribution in [3.63, 3.8) is 0 Å². The summed E-state index contributed by atoms with van der Waals surface area (Å²) in [6.07, 6.45) is 7.05. The third-order valence-corrected chi connectivity index (χ3v) is 13.1. The maximum absolute atomic E-state index is 12.0. The number of pyridine rings is 1. The van der Waals surface area contributed by atoms with Gasteiger partial charge in [0.25, 0.3) is 0 Å². The first-order valence-corrected chi connectivity index (χ1v) is 15.2. The maximum Gasteiger partial charge on any atom is 0.0705 e. The fraction of sp³-hybridized carbons (Fsp3) is 0.735. The number of aromatic nitrogens is 1. The number of rotatable bonds is 4. The molecule has 3 fully saturated rings. The smallest absolute Gasteiger partial charge is 0.0705 e. The first-order valence-electron chi connectivity index (χ1n) is 15.2. The van der Waals surface area contributed by atoms with Crippen LogP contribution < -0.4 is 0 Å². The zero-order chi connectivity index (χ0) is 27.3. The Balaban J connectivity index is 1.42. The van der Waals surface area contributed by atoms with Gasteiger partial charge in [0.05, 0.1) is 22.9 Å². The predicted octanol–water partition coefficient (Wildman–Crippen LogP) is 6.43. The van der Waals surface area contributed by atoms with Crippen LogP contribution in [0.15, 0.2) is 30.3 Å². The van der Waals surface area contributed by atoms with E-state index in [0.717, 1.165) is 31.2 Å². The molecule has 0 unspecified atom stereocenters. The van der Waals surface area contributed by atoms with Crippen molar-refractivity contribution < 1.29 is 15.3 Å². The maximum atomic E-state index is 12.0. The molecule has 0 saturated heterocycles. The molecule has 4 nitrogen and oxygen atoms in total. The molecule has 4 heteroatoms. The first-order chi connectivity index (χ1) is 17.8. The lowest BCUT2D eigenvalue weighted by Crippen LogP contribution is -2.66. The molecule has 208 valence electrons. The van der Waals surface area contributed by atoms with E-state index in [4.69, 9.17) is 4.98 Å². The number of fused-ring (bicyclic) bond motifs is 7. The summed E-state index contributed by atoms with van der Waals surface area (Å²) < 4.78 is 0. The topological polar surface area (TPSA) is 73.6 Å². The van der Waals surface area contributed by atoms with Gasteiger partial charge in [0.2, 0.25) is 0 Å². The number of aliphatic hydroxyl groups is 3. The Bertz CT molecular complexity index is 1240. The molecular formula is C34H49NO3. The molecule has 4 aliphatic rings. The van der Waals surface area contributed by atoms with E-state index < -0.39 is 11.7 Å². The minimum absolute atomic E-state index is 0.0107. The summed E-state index contributed by atoms with van der Waals surface area (Å²) in [6, 6.07) is 10.9. The molecule has 1 aromatic carbocycles. The Labute approximate surface area is 229 Å². The van der Waals surface area contributed by atoms with Crippen molar-refractivity contribution in [2.45, 2.75) is 110 Å². The molecule has 0 aliphatic heterocycles. The third kappa shape index (κ3) is 3.42. The van der Waals surface area contributed by atoms with E-state index in [-0.39, 0.29) is 40.1 Å². The largest absolute Gasteiger partial charge is 0.396 e. The van der Waals surface area contributed by atoms with Crippen LogP contribution in [0.2, 0.25) is 0 Å². The van der Waals surface area contributed by atoms with E-state index >= 15 is 0 Å². The van der Waals surface area contributed by atoms with Crippen LogP contribution in [0.4, 0.5) is 0 Å². The van der Waals surface area contributed by atoms with Gasteiger partial charge in [-0.3, -0.25) is 4.98 Å². The SMILES string of the molecule is CC1(C)c2nc3ccccc3cc2C[C@]2(C)[C@H]3C[C@@H](O)[C@@H]4[C@@H]([C@@](C)(O)CCCO)CC[C@@]4(C)[C@]3(C)CC[C@@H]12. The summed E-state index contributed by atoms with van der Waals surface area (Å²) in [5.74, 6) is 1.13. The zero-order valence-corrected chi connectivity index (χ0v) is 24.4. The average molecular weight is 520 g/mol. The number of para-hydroxylation sites is 1. The van der Waals surface area contributed by atoms with Crippen LogP contribution in [-0.4, -0.2) is 38.6 Å². The van der Waals surface area contributed by atoms with Gasteiger partial charge < -0.3 is 15.3 Å². The Morgan fingerprint density at radius 3 is 2.45 bits per heavy atom. The van der Waals surface area contributed by atoms with E-state index in [9.17, 15) is 15.3 Å². The van der Waals surface area contributed by atoms with Crippen LogP contribution in [0.1, 0.15) is 97.7 Å². The lowest BCUT2D eigenvalue weighted by Gasteiger charge is -2.70. The normalized spacial score (nSPS) is 43.0. The van der Waals surface area contributed by atoms with E-state index in [2.05, 4.69) is 65.0 Å². The van der Waals surface area contributed by atoms with Crippen LogP contribution >= 0.6 is 0 Å². The molecule has 4 aliphatic carbocycles. The van der Waals surface area contributed by atoms with Crippen molar-refractivity contribution in [1.82, 2.24) is 4.98 Å². The molecule has 38 heavy (non-hydrogen) atoms. The minimum Gasteiger partial charge on any atom is -0.396 e. The second kappa shape index (κ2) is 8.51. The summed E-state index contributed by atoms with van der Waals surface area (Å²) in [6.45, 7) is 14.4. The molecule has 2 aromatic rings. The average Bonchev–Trinajstić information content (AvgIpc) is 3.24. The summed E-state index contributed by atoms with van der Waals surface area (Å²) in [7, 11) is 0. The van der Waals surface area contributed by atoms with Gasteiger partial charge in [0, 0.05) is 17.4 Å². The monoisotopic (exact) mass is 519 g/mol. The van der Waals surface area contributed by atoms with E-state index in [1.165, 1.54) is 29.5 Å². The molecule has 0 radical (unpaired) electrons. The number of benzene rings is 1. The standard InChI is InChI=1S/C34H49NO3/c1-30(2)26-13-16-32(4)27(31(26,3)20-22-18-21-10-7-8-11-24(21)35-29(22)30)19-25(37)28-23(12-15-33(28,32)5)34(6,38)14-9-17-36/h7-8,10-11,18,23,25-28,36-38H,9,12-17,19-20H2,1-6H3/t23-,25+,26-,27+,28-,31-,32+,33+,34-/m0/s1. The fourth-order valence-electron chi connectivity index (χ4n) is 11.3. The number of hydrogen-bond donors (Lipinski definition) is 3. The molecule has 0 bridgehead atoms. The summed E-state index contributed by atoms with van der Waals surface area (Å²) >= 11 is 0. The summed E-state index contributed by atoms with van der Waals surface area (Å²) in [5, 5.41) is 34.2. The van der Waals surface area contributed by atoms with Gasteiger partial charge >= 0.3 is 0 Å². The predicted molar refractivity (Wildman–Crippen MR) is 153 cm³/mol. The van der Waals surface area contributed by atoms with Crippen molar-refractivity contribution in [2.75, 3.05) is 6.61 Å². The number of nitrogens with zero attached hydrogens (tertiary/aromatic N) is 1. The number of aliphatic hydroxyl groups excluding tert-OH is 2. The highest BCUT2D eigenvalue weighted by Crippen LogP contribution is 2.75. The van der Waals surface area contributed by atoms with E-state index in [0.29, 0.717) is 24.7 Å². The highest BCUT2D eigenvalue weighted by molar-refractivity contribution is 5.79. The molecule has 6 rings (SSSR count). The Morgan fingerprint density at radius 2 is 1.71 bits per heavy atom. The quantitative estimate of drug-likeness (QED) is 0.435. The first kappa shape index (κ1) is 26.7. The highest BCUT2D eigenvalue weighted by atomic mass is 16.3. The summed E-state index contributed by atoms with van der Waals surface area (Å²) in [5.41, 5.74) is 3.08. The third-order valence-electron chi connectivity index (χ3n) is 13.1. The Kier molecular flexibility index (Phi) is 5.98. The van der Waals surface area contributed by atoms with Crippen LogP contribution in [0.25, 0.3) is 10.9 Å². The van der Waals surface area contributed by atoms with Gasteiger partial charge in [-0.2, -0.15) is 0 Å². The minimum atomic E-state index is -0.852. The molecule has 0 spiro atoms.